The quantitative estimate of drug-likeness (QED) is 0.888. The van der Waals surface area contributed by atoms with E-state index in [1.54, 1.807) is 6.07 Å². The van der Waals surface area contributed by atoms with Gasteiger partial charge in [-0.15, -0.1) is 22.7 Å². The minimum absolute atomic E-state index is 0.322. The first-order valence-electron chi connectivity index (χ1n) is 5.61. The average Bonchev–Trinajstić information content (AvgIpc) is 2.87. The molecule has 2 rings (SSSR count). The second-order valence-corrected chi connectivity index (χ2v) is 8.01. The van der Waals surface area contributed by atoms with Crippen LogP contribution in [-0.2, 0) is 16.6 Å². The van der Waals surface area contributed by atoms with Gasteiger partial charge in [-0.2, -0.15) is 0 Å². The van der Waals surface area contributed by atoms with E-state index >= 15 is 0 Å². The number of aromatic nitrogens is 1. The first kappa shape index (κ1) is 14.4. The number of rotatable bonds is 5. The number of aryl methyl sites for hydroxylation is 2. The maximum atomic E-state index is 12.2. The highest BCUT2D eigenvalue weighted by Gasteiger charge is 2.20. The van der Waals surface area contributed by atoms with Crippen LogP contribution in [0.15, 0.2) is 15.7 Å². The van der Waals surface area contributed by atoms with Gasteiger partial charge in [0.1, 0.15) is 4.21 Å². The molecule has 0 aliphatic rings. The Labute approximate surface area is 120 Å². The fraction of sp³-hybridized carbons (Fsp3) is 0.364. The Bertz CT molecular complexity index is 673. The molecule has 0 bridgehead atoms. The lowest BCUT2D eigenvalue weighted by atomic mass is 10.3. The molecule has 5 nitrogen and oxygen atoms in total. The lowest BCUT2D eigenvalue weighted by Crippen LogP contribution is -2.11. The van der Waals surface area contributed by atoms with Gasteiger partial charge < -0.3 is 5.32 Å². The number of thiophene rings is 1. The molecular formula is C11H15N3O2S3. The Morgan fingerprint density at radius 1 is 1.37 bits per heavy atom. The standard InChI is InChI=1S/C11H15N3O2S3/c1-7-4-10(18-9(7)5-12-3)19(15,16)14-11-13-8(2)6-17-11/h4,6,12H,5H2,1-3H3,(H,13,14). The molecular weight excluding hydrogens is 302 g/mol. The smallest absolute Gasteiger partial charge is 0.273 e. The van der Waals surface area contributed by atoms with Crippen LogP contribution in [0.4, 0.5) is 5.13 Å². The fourth-order valence-electron chi connectivity index (χ4n) is 1.52. The molecule has 0 aromatic carbocycles. The summed E-state index contributed by atoms with van der Waals surface area (Å²) in [5, 5.41) is 5.24. The van der Waals surface area contributed by atoms with Crippen molar-refractivity contribution in [2.24, 2.45) is 0 Å². The zero-order valence-electron chi connectivity index (χ0n) is 10.9. The van der Waals surface area contributed by atoms with Crippen LogP contribution < -0.4 is 10.0 Å². The first-order valence-corrected chi connectivity index (χ1v) is 8.79. The van der Waals surface area contributed by atoms with E-state index in [2.05, 4.69) is 15.0 Å². The maximum Gasteiger partial charge on any atom is 0.273 e. The van der Waals surface area contributed by atoms with Gasteiger partial charge in [-0.1, -0.05) is 0 Å². The van der Waals surface area contributed by atoms with Gasteiger partial charge in [-0.25, -0.2) is 13.4 Å². The highest BCUT2D eigenvalue weighted by molar-refractivity contribution is 7.94. The van der Waals surface area contributed by atoms with Gasteiger partial charge in [0.15, 0.2) is 5.13 Å². The summed E-state index contributed by atoms with van der Waals surface area (Å²) in [4.78, 5) is 5.13. The van der Waals surface area contributed by atoms with Crippen molar-refractivity contribution in [1.29, 1.82) is 0 Å². The van der Waals surface area contributed by atoms with Crippen molar-refractivity contribution in [2.45, 2.75) is 24.6 Å². The SMILES string of the molecule is CNCc1sc(S(=O)(=O)Nc2nc(C)cs2)cc1C. The third-order valence-electron chi connectivity index (χ3n) is 2.44. The number of nitrogens with zero attached hydrogens (tertiary/aromatic N) is 1. The second-order valence-electron chi connectivity index (χ2n) is 4.10. The van der Waals surface area contributed by atoms with Crippen LogP contribution >= 0.6 is 22.7 Å². The third kappa shape index (κ3) is 3.33. The van der Waals surface area contributed by atoms with Crippen LogP contribution in [0, 0.1) is 13.8 Å². The van der Waals surface area contributed by atoms with E-state index in [0.717, 1.165) is 16.1 Å². The molecule has 0 saturated heterocycles. The zero-order valence-corrected chi connectivity index (χ0v) is 13.3. The molecule has 8 heteroatoms. The summed E-state index contributed by atoms with van der Waals surface area (Å²) < 4.78 is 27.3. The normalized spacial score (nSPS) is 11.7. The lowest BCUT2D eigenvalue weighted by Gasteiger charge is -2.01. The molecule has 0 spiro atoms. The monoisotopic (exact) mass is 317 g/mol. The summed E-state index contributed by atoms with van der Waals surface area (Å²) >= 11 is 2.56. The van der Waals surface area contributed by atoms with Crippen LogP contribution in [0.25, 0.3) is 0 Å². The highest BCUT2D eigenvalue weighted by Crippen LogP contribution is 2.28. The van der Waals surface area contributed by atoms with Crippen molar-refractivity contribution in [3.8, 4) is 0 Å². The first-order chi connectivity index (χ1) is 8.92. The summed E-state index contributed by atoms with van der Waals surface area (Å²) in [6.45, 7) is 4.41. The Balaban J connectivity index is 2.26. The summed E-state index contributed by atoms with van der Waals surface area (Å²) in [5.74, 6) is 0. The number of hydrogen-bond donors (Lipinski definition) is 2. The van der Waals surface area contributed by atoms with Crippen LogP contribution in [0.3, 0.4) is 0 Å². The Morgan fingerprint density at radius 3 is 2.68 bits per heavy atom. The van der Waals surface area contributed by atoms with E-state index in [4.69, 9.17) is 0 Å². The van der Waals surface area contributed by atoms with Gasteiger partial charge in [-0.3, -0.25) is 4.72 Å². The van der Waals surface area contributed by atoms with Gasteiger partial charge in [0.2, 0.25) is 0 Å². The molecule has 2 N–H and O–H groups in total. The molecule has 0 aliphatic heterocycles. The number of sulfonamides is 1. The predicted octanol–water partition coefficient (Wildman–Crippen LogP) is 2.34. The number of hydrogen-bond acceptors (Lipinski definition) is 6. The largest absolute Gasteiger partial charge is 0.315 e. The molecule has 2 aromatic rings. The third-order valence-corrected chi connectivity index (χ3v) is 6.50. The Morgan fingerprint density at radius 2 is 2.11 bits per heavy atom. The van der Waals surface area contributed by atoms with Gasteiger partial charge in [0.05, 0.1) is 5.69 Å². The lowest BCUT2D eigenvalue weighted by molar-refractivity contribution is 0.603. The van der Waals surface area contributed by atoms with Gasteiger partial charge >= 0.3 is 0 Å². The highest BCUT2D eigenvalue weighted by atomic mass is 32.2. The van der Waals surface area contributed by atoms with E-state index in [0.29, 0.717) is 15.9 Å². The van der Waals surface area contributed by atoms with Crippen molar-refractivity contribution in [2.75, 3.05) is 11.8 Å². The molecule has 0 saturated carbocycles. The summed E-state index contributed by atoms with van der Waals surface area (Å²) in [6, 6.07) is 1.69. The summed E-state index contributed by atoms with van der Waals surface area (Å²) in [5.41, 5.74) is 1.79. The van der Waals surface area contributed by atoms with Crippen LogP contribution in [0.2, 0.25) is 0 Å². The van der Waals surface area contributed by atoms with E-state index in [9.17, 15) is 8.42 Å². The molecule has 2 heterocycles. The van der Waals surface area contributed by atoms with Crippen molar-refractivity contribution in [3.63, 3.8) is 0 Å². The van der Waals surface area contributed by atoms with Crippen LogP contribution in [0.1, 0.15) is 16.1 Å². The second kappa shape index (κ2) is 5.58. The molecule has 0 fully saturated rings. The van der Waals surface area contributed by atoms with Crippen molar-refractivity contribution < 1.29 is 8.42 Å². The maximum absolute atomic E-state index is 12.2. The van der Waals surface area contributed by atoms with E-state index < -0.39 is 10.0 Å². The molecule has 0 radical (unpaired) electrons. The molecule has 0 amide bonds. The van der Waals surface area contributed by atoms with E-state index in [-0.39, 0.29) is 0 Å². The van der Waals surface area contributed by atoms with Gasteiger partial charge in [0, 0.05) is 16.8 Å². The van der Waals surface area contributed by atoms with E-state index in [1.807, 2.05) is 26.3 Å². The van der Waals surface area contributed by atoms with E-state index in [1.165, 1.54) is 22.7 Å². The number of anilines is 1. The van der Waals surface area contributed by atoms with Crippen LogP contribution in [-0.4, -0.2) is 20.4 Å². The molecule has 2 aromatic heterocycles. The molecule has 0 unspecified atom stereocenters. The topological polar surface area (TPSA) is 71.1 Å². The minimum atomic E-state index is -3.53. The minimum Gasteiger partial charge on any atom is -0.315 e. The van der Waals surface area contributed by atoms with Gasteiger partial charge in [0.25, 0.3) is 10.0 Å². The zero-order chi connectivity index (χ0) is 14.0. The van der Waals surface area contributed by atoms with Crippen molar-refractivity contribution in [1.82, 2.24) is 10.3 Å². The molecule has 0 atom stereocenters. The Hall–Kier alpha value is -0.960. The molecule has 0 aliphatic carbocycles. The van der Waals surface area contributed by atoms with Gasteiger partial charge in [-0.05, 0) is 32.5 Å². The Kier molecular flexibility index (Phi) is 4.24. The van der Waals surface area contributed by atoms with Crippen LogP contribution in [0.5, 0.6) is 0 Å². The van der Waals surface area contributed by atoms with Crippen molar-refractivity contribution in [3.05, 3.63) is 27.6 Å². The summed E-state index contributed by atoms with van der Waals surface area (Å²) in [7, 11) is -1.69. The fourth-order valence-corrected chi connectivity index (χ4v) is 5.07. The van der Waals surface area contributed by atoms with Crippen molar-refractivity contribution >= 4 is 37.8 Å². The average molecular weight is 317 g/mol. The summed E-state index contributed by atoms with van der Waals surface area (Å²) in [6.07, 6.45) is 0. The molecule has 104 valence electrons. The molecule has 19 heavy (non-hydrogen) atoms. The number of thiazole rings is 1. The number of nitrogens with one attached hydrogen (secondary N) is 2. The predicted molar refractivity (Wildman–Crippen MR) is 79.5 cm³/mol.